The first-order valence-electron chi connectivity index (χ1n) is 11.5. The second kappa shape index (κ2) is 9.74. The third-order valence-electron chi connectivity index (χ3n) is 6.22. The van der Waals surface area contributed by atoms with Crippen LogP contribution in [-0.2, 0) is 4.79 Å². The molecule has 2 aliphatic heterocycles. The molecule has 4 heterocycles. The number of likely N-dealkylation sites (tertiary alicyclic amines) is 1. The first-order chi connectivity index (χ1) is 16.2. The minimum atomic E-state index is -0.0800. The molecule has 172 valence electrons. The summed E-state index contributed by atoms with van der Waals surface area (Å²) in [4.78, 5) is 40.0. The molecule has 2 aliphatic rings. The minimum absolute atomic E-state index is 0.0800. The van der Waals surface area contributed by atoms with Crippen LogP contribution in [0.5, 0.6) is 0 Å². The highest BCUT2D eigenvalue weighted by molar-refractivity contribution is 7.22. The number of nitrogens with zero attached hydrogens (tertiary/aromatic N) is 5. The third-order valence-corrected chi connectivity index (χ3v) is 7.30. The van der Waals surface area contributed by atoms with E-state index >= 15 is 0 Å². The van der Waals surface area contributed by atoms with Gasteiger partial charge < -0.3 is 20.0 Å². The molecule has 2 saturated heterocycles. The van der Waals surface area contributed by atoms with Crippen LogP contribution in [0.3, 0.4) is 0 Å². The van der Waals surface area contributed by atoms with E-state index in [2.05, 4.69) is 20.1 Å². The highest BCUT2D eigenvalue weighted by atomic mass is 32.1. The lowest BCUT2D eigenvalue weighted by Gasteiger charge is -2.35. The second-order valence-corrected chi connectivity index (χ2v) is 9.44. The van der Waals surface area contributed by atoms with Crippen molar-refractivity contribution in [2.45, 2.75) is 19.3 Å². The number of pyridine rings is 1. The number of benzene rings is 1. The van der Waals surface area contributed by atoms with E-state index in [0.717, 1.165) is 66.7 Å². The Balaban J connectivity index is 1.16. The van der Waals surface area contributed by atoms with E-state index in [1.165, 1.54) is 0 Å². The highest BCUT2D eigenvalue weighted by Gasteiger charge is 2.21. The predicted molar refractivity (Wildman–Crippen MR) is 131 cm³/mol. The van der Waals surface area contributed by atoms with Gasteiger partial charge in [-0.2, -0.15) is 0 Å². The number of hydrogen-bond acceptors (Lipinski definition) is 7. The maximum atomic E-state index is 12.6. The van der Waals surface area contributed by atoms with Crippen LogP contribution in [0.25, 0.3) is 10.2 Å². The van der Waals surface area contributed by atoms with E-state index in [1.54, 1.807) is 11.3 Å². The molecule has 0 unspecified atom stereocenters. The summed E-state index contributed by atoms with van der Waals surface area (Å²) in [5, 5.41) is 3.98. The molecule has 33 heavy (non-hydrogen) atoms. The van der Waals surface area contributed by atoms with Gasteiger partial charge in [0.1, 0.15) is 5.82 Å². The van der Waals surface area contributed by atoms with Gasteiger partial charge in [-0.25, -0.2) is 9.97 Å². The summed E-state index contributed by atoms with van der Waals surface area (Å²) in [6.07, 6.45) is 4.21. The maximum absolute atomic E-state index is 12.6. The van der Waals surface area contributed by atoms with Crippen molar-refractivity contribution in [2.24, 2.45) is 0 Å². The smallest absolute Gasteiger partial charge is 0.251 e. The number of nitrogens with one attached hydrogen (secondary N) is 1. The Hall–Kier alpha value is -3.20. The summed E-state index contributed by atoms with van der Waals surface area (Å²) in [5.41, 5.74) is 1.57. The van der Waals surface area contributed by atoms with Gasteiger partial charge in [-0.1, -0.05) is 17.4 Å². The van der Waals surface area contributed by atoms with Crippen molar-refractivity contribution in [3.8, 4) is 0 Å². The first-order valence-corrected chi connectivity index (χ1v) is 12.4. The summed E-state index contributed by atoms with van der Waals surface area (Å²) >= 11 is 1.63. The molecule has 0 aliphatic carbocycles. The Morgan fingerprint density at radius 1 is 1.06 bits per heavy atom. The van der Waals surface area contributed by atoms with Crippen molar-refractivity contribution in [1.29, 1.82) is 0 Å². The van der Waals surface area contributed by atoms with Gasteiger partial charge in [-0.05, 0) is 43.2 Å². The maximum Gasteiger partial charge on any atom is 0.251 e. The number of aromatic nitrogens is 2. The predicted octanol–water partition coefficient (Wildman–Crippen LogP) is 2.76. The van der Waals surface area contributed by atoms with E-state index < -0.39 is 0 Å². The standard InChI is InChI=1S/C24H28N6O2S/c31-22-6-3-11-29(22)12-4-10-26-23(32)18-7-8-19-20(17-18)33-24(27-19)30-15-13-28(14-16-30)21-5-1-2-9-25-21/h1-2,5,7-9,17H,3-4,6,10-16H2,(H,26,32). The summed E-state index contributed by atoms with van der Waals surface area (Å²) in [7, 11) is 0. The van der Waals surface area contributed by atoms with Gasteiger partial charge in [-0.3, -0.25) is 9.59 Å². The zero-order valence-corrected chi connectivity index (χ0v) is 19.4. The third kappa shape index (κ3) is 4.93. The zero-order valence-electron chi connectivity index (χ0n) is 18.6. The molecule has 2 aromatic heterocycles. The first kappa shape index (κ1) is 21.6. The minimum Gasteiger partial charge on any atom is -0.353 e. The monoisotopic (exact) mass is 464 g/mol. The molecule has 1 aromatic carbocycles. The summed E-state index contributed by atoms with van der Waals surface area (Å²) in [6, 6.07) is 11.7. The number of piperazine rings is 1. The fourth-order valence-corrected chi connectivity index (χ4v) is 5.43. The molecule has 1 N–H and O–H groups in total. The molecule has 8 nitrogen and oxygen atoms in total. The van der Waals surface area contributed by atoms with E-state index in [1.807, 2.05) is 47.5 Å². The molecule has 0 atom stereocenters. The molecular weight excluding hydrogens is 436 g/mol. The van der Waals surface area contributed by atoms with Gasteiger partial charge in [0.05, 0.1) is 10.2 Å². The summed E-state index contributed by atoms with van der Waals surface area (Å²) in [6.45, 7) is 5.72. The molecule has 3 aromatic rings. The van der Waals surface area contributed by atoms with E-state index in [0.29, 0.717) is 25.1 Å². The average Bonchev–Trinajstić information content (AvgIpc) is 3.47. The van der Waals surface area contributed by atoms with Gasteiger partial charge in [0.25, 0.3) is 5.91 Å². The largest absolute Gasteiger partial charge is 0.353 e. The Labute approximate surface area is 197 Å². The molecule has 2 fully saturated rings. The molecule has 0 bridgehead atoms. The fraction of sp³-hybridized carbons (Fsp3) is 0.417. The van der Waals surface area contributed by atoms with E-state index in [-0.39, 0.29) is 11.8 Å². The molecule has 0 saturated carbocycles. The number of thiazole rings is 1. The van der Waals surface area contributed by atoms with Gasteiger partial charge in [0, 0.05) is 64.0 Å². The Bertz CT molecular complexity index is 1130. The molecule has 9 heteroatoms. The lowest BCUT2D eigenvalue weighted by atomic mass is 10.2. The highest BCUT2D eigenvalue weighted by Crippen LogP contribution is 2.30. The molecule has 0 spiro atoms. The van der Waals surface area contributed by atoms with Crippen LogP contribution in [0.1, 0.15) is 29.6 Å². The zero-order chi connectivity index (χ0) is 22.6. The van der Waals surface area contributed by atoms with E-state index in [9.17, 15) is 9.59 Å². The van der Waals surface area contributed by atoms with Crippen LogP contribution >= 0.6 is 11.3 Å². The van der Waals surface area contributed by atoms with Crippen molar-refractivity contribution >= 4 is 44.3 Å². The van der Waals surface area contributed by atoms with Gasteiger partial charge >= 0.3 is 0 Å². The second-order valence-electron chi connectivity index (χ2n) is 8.43. The lowest BCUT2D eigenvalue weighted by Crippen LogP contribution is -2.46. The van der Waals surface area contributed by atoms with Crippen LogP contribution in [0, 0.1) is 0 Å². The molecular formula is C24H28N6O2S. The molecule has 5 rings (SSSR count). The van der Waals surface area contributed by atoms with Crippen molar-refractivity contribution in [2.75, 3.05) is 55.6 Å². The molecule has 0 radical (unpaired) electrons. The van der Waals surface area contributed by atoms with Crippen molar-refractivity contribution in [1.82, 2.24) is 20.2 Å². The van der Waals surface area contributed by atoms with Gasteiger partial charge in [0.15, 0.2) is 5.13 Å². The van der Waals surface area contributed by atoms with Crippen molar-refractivity contribution in [3.05, 3.63) is 48.2 Å². The fourth-order valence-electron chi connectivity index (χ4n) is 4.37. The number of fused-ring (bicyclic) bond motifs is 1. The number of anilines is 2. The van der Waals surface area contributed by atoms with Crippen LogP contribution < -0.4 is 15.1 Å². The number of amides is 2. The number of carbonyl (C=O) groups excluding carboxylic acids is 2. The summed E-state index contributed by atoms with van der Waals surface area (Å²) < 4.78 is 1.02. The summed E-state index contributed by atoms with van der Waals surface area (Å²) in [5.74, 6) is 1.17. The Kier molecular flexibility index (Phi) is 6.39. The lowest BCUT2D eigenvalue weighted by molar-refractivity contribution is -0.127. The average molecular weight is 465 g/mol. The van der Waals surface area contributed by atoms with E-state index in [4.69, 9.17) is 4.98 Å². The Morgan fingerprint density at radius 3 is 2.67 bits per heavy atom. The van der Waals surface area contributed by atoms with Gasteiger partial charge in [-0.15, -0.1) is 0 Å². The quantitative estimate of drug-likeness (QED) is 0.542. The SMILES string of the molecule is O=C(NCCCN1CCCC1=O)c1ccc2nc(N3CCN(c4ccccn4)CC3)sc2c1. The Morgan fingerprint density at radius 2 is 1.91 bits per heavy atom. The van der Waals surface area contributed by atoms with Crippen molar-refractivity contribution in [3.63, 3.8) is 0 Å². The topological polar surface area (TPSA) is 81.7 Å². The number of carbonyl (C=O) groups is 2. The van der Waals surface area contributed by atoms with Crippen LogP contribution in [0.4, 0.5) is 10.9 Å². The number of rotatable bonds is 7. The van der Waals surface area contributed by atoms with Crippen LogP contribution in [0.15, 0.2) is 42.6 Å². The van der Waals surface area contributed by atoms with Crippen molar-refractivity contribution < 1.29 is 9.59 Å². The molecule has 2 amide bonds. The van der Waals surface area contributed by atoms with Gasteiger partial charge in [0.2, 0.25) is 5.91 Å². The van der Waals surface area contributed by atoms with Crippen LogP contribution in [0.2, 0.25) is 0 Å². The van der Waals surface area contributed by atoms with Crippen LogP contribution in [-0.4, -0.2) is 72.5 Å². The number of hydrogen-bond donors (Lipinski definition) is 1. The normalized spacial score (nSPS) is 16.6.